The van der Waals surface area contributed by atoms with Crippen LogP contribution in [0.15, 0.2) is 53.4 Å². The molecule has 2 atom stereocenters. The molecule has 0 aromatic heterocycles. The second kappa shape index (κ2) is 5.85. The molecular weight excluding hydrogens is 367 g/mol. The highest BCUT2D eigenvalue weighted by molar-refractivity contribution is 14.1. The molecule has 19 heavy (non-hydrogen) atoms. The van der Waals surface area contributed by atoms with Crippen molar-refractivity contribution in [2.45, 2.75) is 29.1 Å². The van der Waals surface area contributed by atoms with Gasteiger partial charge in [0.1, 0.15) is 0 Å². The Balaban J connectivity index is 1.66. The van der Waals surface area contributed by atoms with Gasteiger partial charge in [0, 0.05) is 13.7 Å². The van der Waals surface area contributed by atoms with Gasteiger partial charge in [-0.1, -0.05) is 30.3 Å². The molecule has 1 heterocycles. The molecule has 2 aromatic rings. The fraction of sp³-hybridized carbons (Fsp3) is 0.250. The van der Waals surface area contributed by atoms with Crippen molar-refractivity contribution in [2.75, 3.05) is 0 Å². The van der Waals surface area contributed by atoms with Gasteiger partial charge in [0.15, 0.2) is 0 Å². The van der Waals surface area contributed by atoms with Crippen molar-refractivity contribution in [2.24, 2.45) is 0 Å². The Morgan fingerprint density at radius 3 is 2.63 bits per heavy atom. The van der Waals surface area contributed by atoms with Gasteiger partial charge in [0.05, 0.1) is 6.10 Å². The Morgan fingerprint density at radius 2 is 1.89 bits per heavy atom. The molecule has 0 radical (unpaired) electrons. The molecule has 3 heteroatoms. The number of hydrogen-bond acceptors (Lipinski definition) is 2. The largest absolute Gasteiger partial charge is 0.392 e. The molecule has 2 unspecified atom stereocenters. The third-order valence-corrected chi connectivity index (χ3v) is 5.61. The molecule has 0 fully saturated rings. The highest BCUT2D eigenvalue weighted by Gasteiger charge is 2.27. The SMILES string of the molecule is OC(Cc1ccc(I)cc1)C1Cc2ccccc2S1. The van der Waals surface area contributed by atoms with E-state index in [1.807, 2.05) is 11.8 Å². The molecule has 0 aliphatic carbocycles. The number of hydrogen-bond donors (Lipinski definition) is 1. The van der Waals surface area contributed by atoms with Crippen LogP contribution in [0.25, 0.3) is 0 Å². The van der Waals surface area contributed by atoms with Crippen LogP contribution in [0.4, 0.5) is 0 Å². The fourth-order valence-electron chi connectivity index (χ4n) is 2.42. The van der Waals surface area contributed by atoms with E-state index in [0.29, 0.717) is 0 Å². The van der Waals surface area contributed by atoms with Crippen LogP contribution in [-0.2, 0) is 12.8 Å². The van der Waals surface area contributed by atoms with E-state index < -0.39 is 0 Å². The first-order chi connectivity index (χ1) is 9.22. The molecule has 1 aliphatic heterocycles. The third-order valence-electron chi connectivity index (χ3n) is 3.46. The molecule has 0 spiro atoms. The summed E-state index contributed by atoms with van der Waals surface area (Å²) in [5.74, 6) is 0. The highest BCUT2D eigenvalue weighted by atomic mass is 127. The van der Waals surface area contributed by atoms with Gasteiger partial charge in [0.25, 0.3) is 0 Å². The molecule has 0 bridgehead atoms. The molecule has 1 aliphatic rings. The molecule has 0 saturated heterocycles. The lowest BCUT2D eigenvalue weighted by Gasteiger charge is -2.17. The molecule has 2 aromatic carbocycles. The summed E-state index contributed by atoms with van der Waals surface area (Å²) in [4.78, 5) is 1.33. The average molecular weight is 382 g/mol. The van der Waals surface area contributed by atoms with Gasteiger partial charge >= 0.3 is 0 Å². The standard InChI is InChI=1S/C16H15IOS/c17-13-7-5-11(6-8-13)9-14(18)16-10-12-3-1-2-4-15(12)19-16/h1-8,14,16,18H,9-10H2. The van der Waals surface area contributed by atoms with Crippen LogP contribution in [0.3, 0.4) is 0 Å². The maximum Gasteiger partial charge on any atom is 0.0705 e. The predicted octanol–water partition coefficient (Wildman–Crippen LogP) is 3.91. The summed E-state index contributed by atoms with van der Waals surface area (Å²) in [5.41, 5.74) is 2.59. The van der Waals surface area contributed by atoms with Crippen LogP contribution in [0.5, 0.6) is 0 Å². The summed E-state index contributed by atoms with van der Waals surface area (Å²) in [6.07, 6.45) is 1.44. The van der Waals surface area contributed by atoms with Crippen molar-refractivity contribution < 1.29 is 5.11 Å². The Kier molecular flexibility index (Phi) is 4.15. The maximum atomic E-state index is 10.4. The Bertz CT molecular complexity index is 542. The van der Waals surface area contributed by atoms with Gasteiger partial charge < -0.3 is 5.11 Å². The molecule has 0 saturated carbocycles. The number of halogens is 1. The summed E-state index contributed by atoms with van der Waals surface area (Å²) >= 11 is 4.12. The number of benzene rings is 2. The van der Waals surface area contributed by atoms with E-state index in [0.717, 1.165) is 12.8 Å². The molecule has 1 nitrogen and oxygen atoms in total. The summed E-state index contributed by atoms with van der Waals surface area (Å²) in [6.45, 7) is 0. The number of rotatable bonds is 3. The van der Waals surface area contributed by atoms with Gasteiger partial charge in [-0.15, -0.1) is 11.8 Å². The summed E-state index contributed by atoms with van der Waals surface area (Å²) in [7, 11) is 0. The first-order valence-corrected chi connectivity index (χ1v) is 8.35. The minimum atomic E-state index is -0.280. The number of aliphatic hydroxyl groups is 1. The number of aliphatic hydroxyl groups excluding tert-OH is 1. The molecule has 0 amide bonds. The van der Waals surface area contributed by atoms with Crippen molar-refractivity contribution in [3.8, 4) is 0 Å². The number of thioether (sulfide) groups is 1. The zero-order valence-corrected chi connectivity index (χ0v) is 13.4. The normalized spacial score (nSPS) is 19.2. The van der Waals surface area contributed by atoms with Crippen molar-refractivity contribution in [1.82, 2.24) is 0 Å². The Labute approximate surface area is 131 Å². The molecule has 98 valence electrons. The first-order valence-electron chi connectivity index (χ1n) is 6.39. The van der Waals surface area contributed by atoms with Gasteiger partial charge in [-0.3, -0.25) is 0 Å². The molecular formula is C16H15IOS. The van der Waals surface area contributed by atoms with Crippen LogP contribution >= 0.6 is 34.4 Å². The van der Waals surface area contributed by atoms with Crippen LogP contribution in [0.1, 0.15) is 11.1 Å². The average Bonchev–Trinajstić information content (AvgIpc) is 2.85. The monoisotopic (exact) mass is 382 g/mol. The van der Waals surface area contributed by atoms with Crippen molar-refractivity contribution in [3.63, 3.8) is 0 Å². The minimum Gasteiger partial charge on any atom is -0.392 e. The van der Waals surface area contributed by atoms with Crippen LogP contribution in [0.2, 0.25) is 0 Å². The van der Waals surface area contributed by atoms with E-state index in [9.17, 15) is 5.11 Å². The lowest BCUT2D eigenvalue weighted by Crippen LogP contribution is -2.24. The van der Waals surface area contributed by atoms with Gasteiger partial charge in [-0.05, 0) is 64.8 Å². The molecule has 1 N–H and O–H groups in total. The van der Waals surface area contributed by atoms with Crippen molar-refractivity contribution in [3.05, 3.63) is 63.2 Å². The van der Waals surface area contributed by atoms with E-state index in [1.54, 1.807) is 0 Å². The Morgan fingerprint density at radius 1 is 1.16 bits per heavy atom. The number of fused-ring (bicyclic) bond motifs is 1. The fourth-order valence-corrected chi connectivity index (χ4v) is 4.08. The molecule has 3 rings (SSSR count). The second-order valence-electron chi connectivity index (χ2n) is 4.87. The van der Waals surface area contributed by atoms with E-state index in [2.05, 4.69) is 71.1 Å². The first kappa shape index (κ1) is 13.5. The maximum absolute atomic E-state index is 10.4. The summed E-state index contributed by atoms with van der Waals surface area (Å²) in [6, 6.07) is 16.9. The van der Waals surface area contributed by atoms with Crippen molar-refractivity contribution >= 4 is 34.4 Å². The zero-order valence-electron chi connectivity index (χ0n) is 10.4. The summed E-state index contributed by atoms with van der Waals surface area (Å²) in [5, 5.41) is 10.7. The van der Waals surface area contributed by atoms with Gasteiger partial charge in [-0.25, -0.2) is 0 Å². The van der Waals surface area contributed by atoms with Crippen LogP contribution in [-0.4, -0.2) is 16.5 Å². The highest BCUT2D eigenvalue weighted by Crippen LogP contribution is 2.38. The van der Waals surface area contributed by atoms with Gasteiger partial charge in [-0.2, -0.15) is 0 Å². The quantitative estimate of drug-likeness (QED) is 0.813. The summed E-state index contributed by atoms with van der Waals surface area (Å²) < 4.78 is 1.23. The van der Waals surface area contributed by atoms with E-state index >= 15 is 0 Å². The lowest BCUT2D eigenvalue weighted by molar-refractivity contribution is 0.172. The minimum absolute atomic E-state index is 0.280. The topological polar surface area (TPSA) is 20.2 Å². The zero-order chi connectivity index (χ0) is 13.2. The van der Waals surface area contributed by atoms with Crippen LogP contribution < -0.4 is 0 Å². The predicted molar refractivity (Wildman–Crippen MR) is 88.7 cm³/mol. The van der Waals surface area contributed by atoms with Gasteiger partial charge in [0.2, 0.25) is 0 Å². The van der Waals surface area contributed by atoms with Crippen molar-refractivity contribution in [1.29, 1.82) is 0 Å². The van der Waals surface area contributed by atoms with Crippen LogP contribution in [0, 0.1) is 3.57 Å². The van der Waals surface area contributed by atoms with E-state index in [1.165, 1.54) is 19.6 Å². The van der Waals surface area contributed by atoms with E-state index in [-0.39, 0.29) is 11.4 Å². The smallest absolute Gasteiger partial charge is 0.0705 e. The lowest BCUT2D eigenvalue weighted by atomic mass is 10.0. The third kappa shape index (κ3) is 3.15. The Hall–Kier alpha value is -0.520. The van der Waals surface area contributed by atoms with E-state index in [4.69, 9.17) is 0 Å². The second-order valence-corrected chi connectivity index (χ2v) is 7.39.